The number of ether oxygens (including phenoxy) is 1. The van der Waals surface area contributed by atoms with Gasteiger partial charge >= 0.3 is 0 Å². The van der Waals surface area contributed by atoms with Crippen LogP contribution in [0.5, 0.6) is 5.75 Å². The van der Waals surface area contributed by atoms with Crippen LogP contribution in [0.2, 0.25) is 5.02 Å². The zero-order valence-electron chi connectivity index (χ0n) is 29.0. The van der Waals surface area contributed by atoms with Gasteiger partial charge in [0.1, 0.15) is 12.4 Å². The molecule has 10 nitrogen and oxygen atoms in total. The molecule has 0 radical (unpaired) electrons. The number of aryl methyl sites for hydroxylation is 1. The molecule has 0 unspecified atom stereocenters. The average Bonchev–Trinajstić information content (AvgIpc) is 3.06. The Kier molecular flexibility index (Phi) is 10.8. The van der Waals surface area contributed by atoms with E-state index in [1.807, 2.05) is 32.2 Å². The van der Waals surface area contributed by atoms with E-state index in [9.17, 15) is 23.1 Å². The largest absolute Gasteiger partial charge is 0.487 e. The van der Waals surface area contributed by atoms with Crippen LogP contribution in [0.25, 0.3) is 0 Å². The number of rotatable bonds is 2. The Morgan fingerprint density at radius 1 is 1.00 bits per heavy atom. The Balaban J connectivity index is 1.37. The number of likely N-dealkylation sites (N-methyl/N-ethyl adjacent to an activating group) is 1. The number of halogens is 1. The van der Waals surface area contributed by atoms with Crippen molar-refractivity contribution in [1.29, 1.82) is 0 Å². The molecule has 1 aliphatic carbocycles. The number of aliphatic hydroxyl groups is 1. The molecule has 268 valence electrons. The average molecular weight is 715 g/mol. The van der Waals surface area contributed by atoms with Gasteiger partial charge in [0, 0.05) is 50.4 Å². The van der Waals surface area contributed by atoms with Crippen LogP contribution >= 0.6 is 11.6 Å². The molecule has 49 heavy (non-hydrogen) atoms. The van der Waals surface area contributed by atoms with Crippen molar-refractivity contribution in [2.24, 2.45) is 17.8 Å². The maximum Gasteiger partial charge on any atom is 0.264 e. The zero-order chi connectivity index (χ0) is 34.9. The van der Waals surface area contributed by atoms with Gasteiger partial charge in [0.2, 0.25) is 15.9 Å². The van der Waals surface area contributed by atoms with E-state index in [-0.39, 0.29) is 35.8 Å². The molecule has 2 aromatic rings. The number of piperazine rings is 1. The summed E-state index contributed by atoms with van der Waals surface area (Å²) in [6.45, 7) is 7.28. The van der Waals surface area contributed by atoms with Gasteiger partial charge in [0.05, 0.1) is 23.1 Å². The molecule has 1 saturated carbocycles. The molecule has 4 aliphatic rings. The molecule has 3 heterocycles. The number of fused-ring (bicyclic) bond motifs is 3. The van der Waals surface area contributed by atoms with E-state index in [0.717, 1.165) is 48.9 Å². The van der Waals surface area contributed by atoms with Crippen molar-refractivity contribution in [3.05, 3.63) is 58.1 Å². The number of benzene rings is 2. The summed E-state index contributed by atoms with van der Waals surface area (Å²) in [5, 5.41) is 12.5. The Morgan fingerprint density at radius 3 is 2.57 bits per heavy atom. The van der Waals surface area contributed by atoms with Gasteiger partial charge in [-0.25, -0.2) is 13.1 Å². The molecule has 3 aliphatic heterocycles. The number of carbonyl (C=O) groups excluding carboxylic acids is 2. The third kappa shape index (κ3) is 8.05. The smallest absolute Gasteiger partial charge is 0.264 e. The monoisotopic (exact) mass is 714 g/mol. The number of hydrogen-bond donors (Lipinski definition) is 2. The van der Waals surface area contributed by atoms with Crippen LogP contribution in [0.4, 0.5) is 5.69 Å². The van der Waals surface area contributed by atoms with Gasteiger partial charge in [-0.15, -0.1) is 0 Å². The summed E-state index contributed by atoms with van der Waals surface area (Å²) in [6.07, 6.45) is 6.29. The van der Waals surface area contributed by atoms with E-state index in [1.165, 1.54) is 0 Å². The van der Waals surface area contributed by atoms with Gasteiger partial charge in [0.25, 0.3) is 5.91 Å². The first kappa shape index (κ1) is 35.9. The van der Waals surface area contributed by atoms with Crippen molar-refractivity contribution in [3.8, 4) is 5.75 Å². The van der Waals surface area contributed by atoms with Crippen LogP contribution in [0.15, 0.2) is 36.4 Å². The van der Waals surface area contributed by atoms with E-state index in [0.29, 0.717) is 69.4 Å². The fourth-order valence-electron chi connectivity index (χ4n) is 8.12. The molecule has 0 spiro atoms. The highest BCUT2D eigenvalue weighted by Gasteiger charge is 2.48. The number of nitrogens with one attached hydrogen (secondary N) is 1. The molecule has 2 N–H and O–H groups in total. The number of sulfonamides is 1. The minimum absolute atomic E-state index is 0.0204. The van der Waals surface area contributed by atoms with Gasteiger partial charge in [-0.3, -0.25) is 14.5 Å². The summed E-state index contributed by atoms with van der Waals surface area (Å²) in [5.41, 5.74) is 2.19. The topological polar surface area (TPSA) is 119 Å². The Hall–Kier alpha value is -2.86. The highest BCUT2D eigenvalue weighted by atomic mass is 35.5. The number of hydrogen-bond acceptors (Lipinski definition) is 8. The first-order valence-corrected chi connectivity index (χ1v) is 19.8. The Labute approximate surface area is 296 Å². The predicted molar refractivity (Wildman–Crippen MR) is 191 cm³/mol. The number of amides is 2. The molecule has 0 aromatic heterocycles. The lowest BCUT2D eigenvalue weighted by molar-refractivity contribution is -0.140. The van der Waals surface area contributed by atoms with E-state index < -0.39 is 26.8 Å². The summed E-state index contributed by atoms with van der Waals surface area (Å²) in [7, 11) is -2.16. The Morgan fingerprint density at radius 2 is 1.82 bits per heavy atom. The minimum Gasteiger partial charge on any atom is -0.487 e. The fourth-order valence-corrected chi connectivity index (χ4v) is 9.63. The number of nitrogens with zero attached hydrogens (tertiary/aromatic N) is 3. The summed E-state index contributed by atoms with van der Waals surface area (Å²) >= 11 is 6.36. The van der Waals surface area contributed by atoms with E-state index in [2.05, 4.69) is 14.5 Å². The van der Waals surface area contributed by atoms with Crippen LogP contribution in [0.1, 0.15) is 80.3 Å². The second kappa shape index (κ2) is 14.8. The normalized spacial score (nSPS) is 30.1. The van der Waals surface area contributed by atoms with Gasteiger partial charge in [-0.1, -0.05) is 31.0 Å². The van der Waals surface area contributed by atoms with Crippen LogP contribution in [0.3, 0.4) is 0 Å². The van der Waals surface area contributed by atoms with Gasteiger partial charge in [-0.2, -0.15) is 0 Å². The van der Waals surface area contributed by atoms with Crippen LogP contribution in [-0.2, 0) is 27.8 Å². The van der Waals surface area contributed by atoms with Crippen molar-refractivity contribution in [2.45, 2.75) is 82.7 Å². The molecule has 12 heteroatoms. The van der Waals surface area contributed by atoms with Crippen LogP contribution in [-0.4, -0.2) is 92.3 Å². The fraction of sp³-hybridized carbons (Fsp3) is 0.622. The molecule has 2 bridgehead atoms. The van der Waals surface area contributed by atoms with Gasteiger partial charge in [0.15, 0.2) is 0 Å². The molecule has 2 fully saturated rings. The molecule has 1 saturated heterocycles. The second-order valence-corrected chi connectivity index (χ2v) is 17.4. The second-order valence-electron chi connectivity index (χ2n) is 14.9. The van der Waals surface area contributed by atoms with Crippen molar-refractivity contribution in [1.82, 2.24) is 14.5 Å². The van der Waals surface area contributed by atoms with Gasteiger partial charge < -0.3 is 19.6 Å². The maximum atomic E-state index is 13.5. The van der Waals surface area contributed by atoms with Crippen molar-refractivity contribution >= 4 is 39.1 Å². The lowest BCUT2D eigenvalue weighted by Crippen LogP contribution is -2.59. The van der Waals surface area contributed by atoms with Crippen molar-refractivity contribution in [3.63, 3.8) is 0 Å². The molecular weight excluding hydrogens is 664 g/mol. The lowest BCUT2D eigenvalue weighted by atomic mass is 9.62. The highest BCUT2D eigenvalue weighted by Crippen LogP contribution is 2.46. The number of anilines is 1. The third-order valence-electron chi connectivity index (χ3n) is 11.6. The molecule has 6 rings (SSSR count). The molecule has 5 atom stereocenters. The first-order valence-electron chi connectivity index (χ1n) is 17.9. The van der Waals surface area contributed by atoms with Crippen LogP contribution < -0.4 is 14.4 Å². The van der Waals surface area contributed by atoms with Crippen molar-refractivity contribution in [2.75, 3.05) is 51.2 Å². The summed E-state index contributed by atoms with van der Waals surface area (Å²) in [6, 6.07) is 11.0. The quantitative estimate of drug-likeness (QED) is 0.453. The maximum absolute atomic E-state index is 13.5. The summed E-state index contributed by atoms with van der Waals surface area (Å²) in [4.78, 5) is 32.2. The molecule has 2 amide bonds. The van der Waals surface area contributed by atoms with Crippen molar-refractivity contribution < 1.29 is 27.9 Å². The van der Waals surface area contributed by atoms with Crippen LogP contribution in [0, 0.1) is 17.8 Å². The standard InChI is InChI=1S/C37H51ClN4O6S/c1-25-7-6-15-37(45,24-41-18-17-40(3)35(43)22-41)32-13-10-29(32)21-42-16-5-4-8-27-19-31(38)12-9-30(27)23-48-34-14-11-28(20-33(34)42)36(44)39-49(46,47)26(25)2/h9,11-12,14,19-20,25-26,29,32,45H,4-8,10,13,15-18,21-24H2,1-3H3,(H,39,44)/t25-,26+,29-,32+,37-/m0/s1. The molecular formula is C37H51ClN4O6S. The third-order valence-corrected chi connectivity index (χ3v) is 13.8. The van der Waals surface area contributed by atoms with Gasteiger partial charge in [-0.05, 0) is 111 Å². The van der Waals surface area contributed by atoms with E-state index in [1.54, 1.807) is 30.0 Å². The predicted octanol–water partition coefficient (Wildman–Crippen LogP) is 4.86. The zero-order valence-corrected chi connectivity index (χ0v) is 30.6. The first-order chi connectivity index (χ1) is 23.3. The number of carbonyl (C=O) groups is 2. The van der Waals surface area contributed by atoms with E-state index >= 15 is 0 Å². The molecule has 2 aromatic carbocycles. The Bertz CT molecular complexity index is 1660. The summed E-state index contributed by atoms with van der Waals surface area (Å²) < 4.78 is 35.7. The van der Waals surface area contributed by atoms with E-state index in [4.69, 9.17) is 16.3 Å². The minimum atomic E-state index is -3.98. The SMILES string of the molecule is C[C@@H]1[C@@H](C)CCC[C@](O)(CN2CCN(C)C(=O)C2)[C@@H]2CC[C@H]2CN2CCCCc3cc(Cl)ccc3COc3ccc(cc32)C(=O)NS1(=O)=O. The lowest BCUT2D eigenvalue weighted by Gasteiger charge is -2.51. The summed E-state index contributed by atoms with van der Waals surface area (Å²) in [5.74, 6) is 0.00624. The number of β-amino-alcohol motifs (C(OH)–C–C–N with tert-alkyl or cyclic N) is 1. The highest BCUT2D eigenvalue weighted by molar-refractivity contribution is 7.90.